The van der Waals surface area contributed by atoms with Gasteiger partial charge < -0.3 is 20.1 Å². The van der Waals surface area contributed by atoms with Gasteiger partial charge in [0.25, 0.3) is 0 Å². The minimum atomic E-state index is 0.139. The Labute approximate surface area is 140 Å². The molecule has 23 heavy (non-hydrogen) atoms. The van der Waals surface area contributed by atoms with Crippen molar-refractivity contribution in [3.8, 4) is 5.88 Å². The first-order valence-electron chi connectivity index (χ1n) is 8.01. The van der Waals surface area contributed by atoms with Gasteiger partial charge in [-0.3, -0.25) is 4.79 Å². The van der Waals surface area contributed by atoms with E-state index in [0.717, 1.165) is 31.4 Å². The van der Waals surface area contributed by atoms with Crippen LogP contribution in [-0.2, 0) is 16.0 Å². The zero-order valence-corrected chi connectivity index (χ0v) is 14.0. The molecule has 2 N–H and O–H groups in total. The summed E-state index contributed by atoms with van der Waals surface area (Å²) in [6.07, 6.45) is 3.45. The van der Waals surface area contributed by atoms with Crippen LogP contribution in [-0.4, -0.2) is 43.8 Å². The minimum absolute atomic E-state index is 0.139. The third-order valence-electron chi connectivity index (χ3n) is 4.35. The molecule has 0 spiro atoms. The van der Waals surface area contributed by atoms with Crippen LogP contribution in [0.3, 0.4) is 0 Å². The number of aryl methyl sites for hydroxylation is 1. The van der Waals surface area contributed by atoms with Gasteiger partial charge >= 0.3 is 0 Å². The molecule has 0 saturated carbocycles. The van der Waals surface area contributed by atoms with E-state index >= 15 is 0 Å². The first-order chi connectivity index (χ1) is 11.2. The Bertz CT molecular complexity index is 582. The van der Waals surface area contributed by atoms with Crippen LogP contribution >= 0.6 is 11.6 Å². The van der Waals surface area contributed by atoms with Gasteiger partial charge in [-0.1, -0.05) is 11.6 Å². The van der Waals surface area contributed by atoms with Crippen LogP contribution < -0.4 is 15.4 Å². The lowest BCUT2D eigenvalue weighted by atomic mass is 10.1. The summed E-state index contributed by atoms with van der Waals surface area (Å²) >= 11 is 6.10. The van der Waals surface area contributed by atoms with E-state index in [0.29, 0.717) is 30.7 Å². The number of methoxy groups -OCH3 is 1. The highest BCUT2D eigenvalue weighted by Crippen LogP contribution is 2.38. The zero-order valence-electron chi connectivity index (χ0n) is 13.2. The molecule has 7 heteroatoms. The molecule has 1 aliphatic heterocycles. The van der Waals surface area contributed by atoms with E-state index in [1.165, 1.54) is 5.56 Å². The standard InChI is InChI=1S/C16H22ClN3O3/c1-22-6-7-23-16-15-10(8-13(17)20-16)2-4-12(15)18-9-11-3-5-14(21)19-11/h8,11-12,18H,2-7,9H2,1H3,(H,19,21)/t11-,12+/m0/s1. The van der Waals surface area contributed by atoms with Gasteiger partial charge in [-0.15, -0.1) is 0 Å². The zero-order chi connectivity index (χ0) is 16.2. The van der Waals surface area contributed by atoms with E-state index in [2.05, 4.69) is 15.6 Å². The van der Waals surface area contributed by atoms with Crippen molar-refractivity contribution in [3.63, 3.8) is 0 Å². The number of hydrogen-bond donors (Lipinski definition) is 2. The Morgan fingerprint density at radius 1 is 1.39 bits per heavy atom. The molecule has 6 nitrogen and oxygen atoms in total. The van der Waals surface area contributed by atoms with Crippen LogP contribution in [0.2, 0.25) is 5.15 Å². The lowest BCUT2D eigenvalue weighted by Gasteiger charge is -2.19. The molecule has 2 heterocycles. The van der Waals surface area contributed by atoms with Gasteiger partial charge in [0.15, 0.2) is 0 Å². The fraction of sp³-hybridized carbons (Fsp3) is 0.625. The molecule has 1 aromatic heterocycles. The maximum atomic E-state index is 11.3. The second-order valence-electron chi connectivity index (χ2n) is 5.97. The summed E-state index contributed by atoms with van der Waals surface area (Å²) in [4.78, 5) is 15.6. The largest absolute Gasteiger partial charge is 0.475 e. The van der Waals surface area contributed by atoms with Crippen molar-refractivity contribution in [2.75, 3.05) is 26.9 Å². The smallest absolute Gasteiger partial charge is 0.220 e. The quantitative estimate of drug-likeness (QED) is 0.583. The van der Waals surface area contributed by atoms with Gasteiger partial charge in [0.05, 0.1) is 6.61 Å². The van der Waals surface area contributed by atoms with Crippen molar-refractivity contribution in [1.82, 2.24) is 15.6 Å². The summed E-state index contributed by atoms with van der Waals surface area (Å²) in [6.45, 7) is 1.72. The van der Waals surface area contributed by atoms with E-state index in [1.807, 2.05) is 6.07 Å². The number of amides is 1. The average molecular weight is 340 g/mol. The highest BCUT2D eigenvalue weighted by atomic mass is 35.5. The van der Waals surface area contributed by atoms with Crippen LogP contribution in [0.25, 0.3) is 0 Å². The van der Waals surface area contributed by atoms with Crippen molar-refractivity contribution in [2.24, 2.45) is 0 Å². The summed E-state index contributed by atoms with van der Waals surface area (Å²) in [6, 6.07) is 2.31. The second-order valence-corrected chi connectivity index (χ2v) is 6.35. The van der Waals surface area contributed by atoms with Crippen LogP contribution in [0.15, 0.2) is 6.07 Å². The Morgan fingerprint density at radius 3 is 3.00 bits per heavy atom. The Morgan fingerprint density at radius 2 is 2.26 bits per heavy atom. The lowest BCUT2D eigenvalue weighted by molar-refractivity contribution is -0.119. The van der Waals surface area contributed by atoms with E-state index < -0.39 is 0 Å². The molecule has 2 atom stereocenters. The molecule has 0 aromatic carbocycles. The van der Waals surface area contributed by atoms with Gasteiger partial charge in [-0.05, 0) is 30.9 Å². The van der Waals surface area contributed by atoms with Crippen LogP contribution in [0, 0.1) is 0 Å². The van der Waals surface area contributed by atoms with Gasteiger partial charge in [0, 0.05) is 37.7 Å². The molecule has 0 bridgehead atoms. The Hall–Kier alpha value is -1.37. The van der Waals surface area contributed by atoms with E-state index in [-0.39, 0.29) is 18.0 Å². The Kier molecular flexibility index (Phi) is 5.35. The molecule has 1 fully saturated rings. The summed E-state index contributed by atoms with van der Waals surface area (Å²) in [7, 11) is 1.64. The molecule has 1 amide bonds. The van der Waals surface area contributed by atoms with Crippen LogP contribution in [0.1, 0.15) is 36.4 Å². The maximum absolute atomic E-state index is 11.3. The molecule has 3 rings (SSSR count). The number of carbonyl (C=O) groups excluding carboxylic acids is 1. The van der Waals surface area contributed by atoms with E-state index in [9.17, 15) is 4.79 Å². The van der Waals surface area contributed by atoms with Crippen molar-refractivity contribution in [1.29, 1.82) is 0 Å². The lowest BCUT2D eigenvalue weighted by Crippen LogP contribution is -2.37. The maximum Gasteiger partial charge on any atom is 0.220 e. The molecule has 2 aliphatic rings. The first-order valence-corrected chi connectivity index (χ1v) is 8.39. The number of halogens is 1. The molecule has 1 aromatic rings. The molecule has 1 saturated heterocycles. The first kappa shape index (κ1) is 16.5. The average Bonchev–Trinajstić information content (AvgIpc) is 3.11. The minimum Gasteiger partial charge on any atom is -0.475 e. The molecule has 0 radical (unpaired) electrons. The fourth-order valence-corrected chi connectivity index (χ4v) is 3.43. The fourth-order valence-electron chi connectivity index (χ4n) is 3.22. The highest BCUT2D eigenvalue weighted by molar-refractivity contribution is 6.29. The van der Waals surface area contributed by atoms with Crippen molar-refractivity contribution < 1.29 is 14.3 Å². The molecular weight excluding hydrogens is 318 g/mol. The predicted octanol–water partition coefficient (Wildman–Crippen LogP) is 1.62. The molecule has 1 aliphatic carbocycles. The number of aromatic nitrogens is 1. The number of hydrogen-bond acceptors (Lipinski definition) is 5. The van der Waals surface area contributed by atoms with Gasteiger partial charge in [0.1, 0.15) is 11.8 Å². The number of rotatable bonds is 7. The van der Waals surface area contributed by atoms with Gasteiger partial charge in [-0.2, -0.15) is 0 Å². The van der Waals surface area contributed by atoms with Crippen molar-refractivity contribution >= 4 is 17.5 Å². The van der Waals surface area contributed by atoms with Gasteiger partial charge in [0.2, 0.25) is 11.8 Å². The third-order valence-corrected chi connectivity index (χ3v) is 4.54. The van der Waals surface area contributed by atoms with Crippen LogP contribution in [0.5, 0.6) is 5.88 Å². The summed E-state index contributed by atoms with van der Waals surface area (Å²) in [5, 5.41) is 6.98. The number of fused-ring (bicyclic) bond motifs is 1. The second kappa shape index (κ2) is 7.47. The van der Waals surface area contributed by atoms with E-state index in [4.69, 9.17) is 21.1 Å². The van der Waals surface area contributed by atoms with E-state index in [1.54, 1.807) is 7.11 Å². The number of ether oxygens (including phenoxy) is 2. The summed E-state index contributed by atoms with van der Waals surface area (Å²) in [5.41, 5.74) is 2.28. The number of carbonyl (C=O) groups is 1. The monoisotopic (exact) mass is 339 g/mol. The van der Waals surface area contributed by atoms with Crippen LogP contribution in [0.4, 0.5) is 0 Å². The number of nitrogens with zero attached hydrogens (tertiary/aromatic N) is 1. The van der Waals surface area contributed by atoms with Crippen molar-refractivity contribution in [2.45, 2.75) is 37.8 Å². The predicted molar refractivity (Wildman–Crippen MR) is 86.8 cm³/mol. The molecular formula is C16H22ClN3O3. The number of nitrogens with one attached hydrogen (secondary N) is 2. The number of pyridine rings is 1. The Balaban J connectivity index is 1.68. The highest BCUT2D eigenvalue weighted by Gasteiger charge is 2.29. The molecule has 126 valence electrons. The van der Waals surface area contributed by atoms with Gasteiger partial charge in [-0.25, -0.2) is 4.98 Å². The third kappa shape index (κ3) is 3.94. The SMILES string of the molecule is COCCOc1nc(Cl)cc2c1[C@H](NC[C@@H]1CCC(=O)N1)CC2. The summed E-state index contributed by atoms with van der Waals surface area (Å²) < 4.78 is 10.8. The van der Waals surface area contributed by atoms with Crippen molar-refractivity contribution in [3.05, 3.63) is 22.3 Å². The molecule has 0 unspecified atom stereocenters. The normalized spacial score (nSPS) is 23.0. The topological polar surface area (TPSA) is 72.5 Å². The summed E-state index contributed by atoms with van der Waals surface area (Å²) in [5.74, 6) is 0.732.